The van der Waals surface area contributed by atoms with Crippen molar-refractivity contribution in [3.63, 3.8) is 0 Å². The van der Waals surface area contributed by atoms with Crippen LogP contribution in [-0.4, -0.2) is 23.9 Å². The number of hydrogen-bond donors (Lipinski definition) is 2. The lowest BCUT2D eigenvalue weighted by atomic mass is 10.1. The summed E-state index contributed by atoms with van der Waals surface area (Å²) >= 11 is 0. The highest BCUT2D eigenvalue weighted by Crippen LogP contribution is 2.61. The Bertz CT molecular complexity index is 195. The maximum absolute atomic E-state index is 7.24. The monoisotopic (exact) mass is 153 g/mol. The minimum Gasteiger partial charge on any atom is -0.370 e. The number of nitrogens with two attached hydrogens (primary N) is 1. The molecule has 1 heterocycles. The Labute approximate surface area is 67.1 Å². The predicted octanol–water partition coefficient (Wildman–Crippen LogP) is 0.468. The first-order valence-corrected chi connectivity index (χ1v) is 4.12. The SMILES string of the molecule is CC1(C)[C@@H]2CN(C(=N)N)C[C@H]21. The Morgan fingerprint density at radius 2 is 1.91 bits per heavy atom. The fourth-order valence-corrected chi connectivity index (χ4v) is 2.33. The van der Waals surface area contributed by atoms with E-state index >= 15 is 0 Å². The maximum atomic E-state index is 7.24. The summed E-state index contributed by atoms with van der Waals surface area (Å²) in [7, 11) is 0. The Morgan fingerprint density at radius 1 is 1.45 bits per heavy atom. The van der Waals surface area contributed by atoms with E-state index in [0.29, 0.717) is 5.41 Å². The molecule has 3 N–H and O–H groups in total. The van der Waals surface area contributed by atoms with Crippen LogP contribution in [0.4, 0.5) is 0 Å². The Balaban J connectivity index is 2.00. The van der Waals surface area contributed by atoms with Crippen molar-refractivity contribution in [2.45, 2.75) is 13.8 Å². The summed E-state index contributed by atoms with van der Waals surface area (Å²) in [6.45, 7) is 6.62. The van der Waals surface area contributed by atoms with Gasteiger partial charge in [-0.2, -0.15) is 0 Å². The number of hydrogen-bond acceptors (Lipinski definition) is 1. The van der Waals surface area contributed by atoms with Crippen molar-refractivity contribution in [3.8, 4) is 0 Å². The van der Waals surface area contributed by atoms with Crippen molar-refractivity contribution in [2.75, 3.05) is 13.1 Å². The third-order valence-electron chi connectivity index (χ3n) is 3.46. The van der Waals surface area contributed by atoms with Crippen molar-refractivity contribution in [1.82, 2.24) is 4.90 Å². The Kier molecular flexibility index (Phi) is 1.08. The second-order valence-electron chi connectivity index (χ2n) is 4.32. The lowest BCUT2D eigenvalue weighted by Gasteiger charge is -2.21. The minimum absolute atomic E-state index is 0.244. The molecule has 2 atom stereocenters. The van der Waals surface area contributed by atoms with E-state index in [4.69, 9.17) is 11.1 Å². The van der Waals surface area contributed by atoms with E-state index in [1.807, 2.05) is 4.90 Å². The van der Waals surface area contributed by atoms with Gasteiger partial charge >= 0.3 is 0 Å². The second-order valence-corrected chi connectivity index (χ2v) is 4.32. The van der Waals surface area contributed by atoms with Gasteiger partial charge in [0, 0.05) is 13.1 Å². The molecule has 1 saturated heterocycles. The highest BCUT2D eigenvalue weighted by Gasteiger charge is 2.62. The predicted molar refractivity (Wildman–Crippen MR) is 44.2 cm³/mol. The standard InChI is InChI=1S/C8H15N3/c1-8(2)5-3-11(7(9)10)4-6(5)8/h5-6H,3-4H2,1-2H3,(H3,9,10)/t5-,6-/m1/s1. The average Bonchev–Trinajstić information content (AvgIpc) is 2.28. The van der Waals surface area contributed by atoms with Gasteiger partial charge in [-0.25, -0.2) is 0 Å². The van der Waals surface area contributed by atoms with E-state index < -0.39 is 0 Å². The van der Waals surface area contributed by atoms with Crippen LogP contribution >= 0.6 is 0 Å². The van der Waals surface area contributed by atoms with E-state index in [2.05, 4.69) is 13.8 Å². The fraction of sp³-hybridized carbons (Fsp3) is 0.875. The summed E-state index contributed by atoms with van der Waals surface area (Å²) < 4.78 is 0. The maximum Gasteiger partial charge on any atom is 0.188 e. The lowest BCUT2D eigenvalue weighted by Crippen LogP contribution is -2.37. The van der Waals surface area contributed by atoms with Gasteiger partial charge in [-0.3, -0.25) is 5.41 Å². The van der Waals surface area contributed by atoms with Gasteiger partial charge in [-0.15, -0.1) is 0 Å². The van der Waals surface area contributed by atoms with E-state index in [9.17, 15) is 0 Å². The van der Waals surface area contributed by atoms with Gasteiger partial charge in [0.25, 0.3) is 0 Å². The number of piperidine rings is 1. The molecule has 2 rings (SSSR count). The summed E-state index contributed by atoms with van der Waals surface area (Å²) in [6, 6.07) is 0. The molecule has 0 amide bonds. The zero-order valence-electron chi connectivity index (χ0n) is 7.09. The molecule has 0 radical (unpaired) electrons. The number of likely N-dealkylation sites (tertiary alicyclic amines) is 1. The molecule has 3 heteroatoms. The Morgan fingerprint density at radius 3 is 2.27 bits per heavy atom. The van der Waals surface area contributed by atoms with Gasteiger partial charge in [0.1, 0.15) is 0 Å². The topological polar surface area (TPSA) is 53.1 Å². The highest BCUT2D eigenvalue weighted by molar-refractivity contribution is 5.75. The summed E-state index contributed by atoms with van der Waals surface area (Å²) in [5.41, 5.74) is 5.91. The van der Waals surface area contributed by atoms with Crippen molar-refractivity contribution < 1.29 is 0 Å². The molecule has 3 nitrogen and oxygen atoms in total. The van der Waals surface area contributed by atoms with E-state index in [-0.39, 0.29) is 5.96 Å². The molecule has 0 spiro atoms. The van der Waals surface area contributed by atoms with Crippen LogP contribution in [0, 0.1) is 22.7 Å². The highest BCUT2D eigenvalue weighted by atomic mass is 15.3. The molecular weight excluding hydrogens is 138 g/mol. The molecule has 11 heavy (non-hydrogen) atoms. The van der Waals surface area contributed by atoms with Gasteiger partial charge < -0.3 is 10.6 Å². The van der Waals surface area contributed by atoms with Crippen LogP contribution in [-0.2, 0) is 0 Å². The summed E-state index contributed by atoms with van der Waals surface area (Å²) in [5.74, 6) is 1.84. The van der Waals surface area contributed by atoms with Crippen LogP contribution in [0.15, 0.2) is 0 Å². The molecule has 1 saturated carbocycles. The number of rotatable bonds is 0. The van der Waals surface area contributed by atoms with E-state index in [1.54, 1.807) is 0 Å². The molecule has 2 fully saturated rings. The third kappa shape index (κ3) is 0.767. The molecule has 1 aliphatic carbocycles. The van der Waals surface area contributed by atoms with Crippen molar-refractivity contribution in [2.24, 2.45) is 23.0 Å². The zero-order valence-corrected chi connectivity index (χ0v) is 7.09. The van der Waals surface area contributed by atoms with Crippen molar-refractivity contribution in [1.29, 1.82) is 5.41 Å². The normalized spacial score (nSPS) is 38.5. The number of nitrogens with one attached hydrogen (secondary N) is 1. The first-order chi connectivity index (χ1) is 5.03. The minimum atomic E-state index is 0.244. The Hall–Kier alpha value is -0.730. The van der Waals surface area contributed by atoms with Crippen LogP contribution in [0.2, 0.25) is 0 Å². The third-order valence-corrected chi connectivity index (χ3v) is 3.46. The second kappa shape index (κ2) is 1.71. The molecule has 0 aromatic rings. The molecule has 1 aliphatic heterocycles. The summed E-state index contributed by atoms with van der Waals surface area (Å²) in [6.07, 6.45) is 0. The van der Waals surface area contributed by atoms with Crippen LogP contribution in [0.25, 0.3) is 0 Å². The van der Waals surface area contributed by atoms with Crippen LogP contribution < -0.4 is 5.73 Å². The van der Waals surface area contributed by atoms with E-state index in [1.165, 1.54) is 0 Å². The number of guanidine groups is 1. The first-order valence-electron chi connectivity index (χ1n) is 4.12. The van der Waals surface area contributed by atoms with Gasteiger partial charge in [0.05, 0.1) is 0 Å². The van der Waals surface area contributed by atoms with Gasteiger partial charge in [-0.05, 0) is 17.3 Å². The van der Waals surface area contributed by atoms with Gasteiger partial charge in [-0.1, -0.05) is 13.8 Å². The van der Waals surface area contributed by atoms with Crippen LogP contribution in [0.3, 0.4) is 0 Å². The fourth-order valence-electron chi connectivity index (χ4n) is 2.33. The smallest absolute Gasteiger partial charge is 0.188 e. The molecule has 0 unspecified atom stereocenters. The van der Waals surface area contributed by atoms with Crippen molar-refractivity contribution >= 4 is 5.96 Å². The molecule has 0 aromatic carbocycles. The van der Waals surface area contributed by atoms with E-state index in [0.717, 1.165) is 24.9 Å². The number of nitrogens with zero attached hydrogens (tertiary/aromatic N) is 1. The zero-order chi connectivity index (χ0) is 8.22. The average molecular weight is 153 g/mol. The molecule has 62 valence electrons. The quantitative estimate of drug-likeness (QED) is 0.392. The first kappa shape index (κ1) is 6.95. The molecule has 0 bridgehead atoms. The number of fused-ring (bicyclic) bond motifs is 1. The molecule has 0 aromatic heterocycles. The lowest BCUT2D eigenvalue weighted by molar-refractivity contribution is 0.358. The summed E-state index contributed by atoms with van der Waals surface area (Å²) in [5, 5.41) is 7.24. The summed E-state index contributed by atoms with van der Waals surface area (Å²) in [4.78, 5) is 1.97. The van der Waals surface area contributed by atoms with Crippen molar-refractivity contribution in [3.05, 3.63) is 0 Å². The van der Waals surface area contributed by atoms with Gasteiger partial charge in [0.2, 0.25) is 0 Å². The van der Waals surface area contributed by atoms with Gasteiger partial charge in [0.15, 0.2) is 5.96 Å². The van der Waals surface area contributed by atoms with Crippen LogP contribution in [0.1, 0.15) is 13.8 Å². The van der Waals surface area contributed by atoms with Crippen LogP contribution in [0.5, 0.6) is 0 Å². The molecular formula is C8H15N3. The molecule has 2 aliphatic rings. The largest absolute Gasteiger partial charge is 0.370 e.